The van der Waals surface area contributed by atoms with Crippen molar-refractivity contribution in [1.29, 1.82) is 0 Å². The van der Waals surface area contributed by atoms with Gasteiger partial charge in [0, 0.05) is 37.9 Å². The molecule has 1 aliphatic carbocycles. The number of hydrogen-bond donors (Lipinski definition) is 2. The molecule has 0 amide bonds. The molecule has 3 aliphatic rings. The number of nitrogens with zero attached hydrogens (tertiary/aromatic N) is 2. The van der Waals surface area contributed by atoms with E-state index in [2.05, 4.69) is 41.0 Å². The molecule has 0 spiro atoms. The molecular weight excluding hydrogens is 300 g/mol. The molecule has 132 valence electrons. The van der Waals surface area contributed by atoms with E-state index in [9.17, 15) is 10.2 Å². The second-order valence-corrected chi connectivity index (χ2v) is 8.13. The van der Waals surface area contributed by atoms with Gasteiger partial charge in [-0.05, 0) is 56.6 Å². The van der Waals surface area contributed by atoms with Crippen LogP contribution in [0.5, 0.6) is 0 Å². The van der Waals surface area contributed by atoms with Crippen LogP contribution in [0, 0.1) is 18.8 Å². The molecular formula is C20H30N2O2. The molecule has 1 aromatic carbocycles. The summed E-state index contributed by atoms with van der Waals surface area (Å²) in [6.45, 7) is 6.62. The van der Waals surface area contributed by atoms with Gasteiger partial charge in [0.15, 0.2) is 0 Å². The predicted molar refractivity (Wildman–Crippen MR) is 96.2 cm³/mol. The number of benzene rings is 1. The topological polar surface area (TPSA) is 46.9 Å². The molecule has 2 saturated heterocycles. The van der Waals surface area contributed by atoms with Gasteiger partial charge in [0.2, 0.25) is 0 Å². The van der Waals surface area contributed by atoms with E-state index < -0.39 is 12.2 Å². The smallest absolute Gasteiger partial charge is 0.0802 e. The molecule has 0 unspecified atom stereocenters. The lowest BCUT2D eigenvalue weighted by molar-refractivity contribution is -0.0372. The Hall–Kier alpha value is -1.10. The van der Waals surface area contributed by atoms with Crippen LogP contribution in [0.4, 0.5) is 5.69 Å². The summed E-state index contributed by atoms with van der Waals surface area (Å²) in [5.41, 5.74) is 2.66. The van der Waals surface area contributed by atoms with Crippen molar-refractivity contribution in [2.45, 2.75) is 50.9 Å². The van der Waals surface area contributed by atoms with Gasteiger partial charge in [-0.25, -0.2) is 0 Å². The first-order valence-electron chi connectivity index (χ1n) is 9.52. The molecule has 1 aromatic rings. The molecule has 0 bridgehead atoms. The molecule has 2 aliphatic heterocycles. The van der Waals surface area contributed by atoms with Crippen LogP contribution in [0.25, 0.3) is 0 Å². The predicted octanol–water partition coefficient (Wildman–Crippen LogP) is 2.03. The maximum Gasteiger partial charge on any atom is 0.0802 e. The number of rotatable bonds is 2. The van der Waals surface area contributed by atoms with E-state index in [0.717, 1.165) is 39.0 Å². The van der Waals surface area contributed by atoms with Gasteiger partial charge in [0.25, 0.3) is 0 Å². The fraction of sp³-hybridized carbons (Fsp3) is 0.700. The third-order valence-electron chi connectivity index (χ3n) is 6.52. The van der Waals surface area contributed by atoms with E-state index in [1.165, 1.54) is 24.1 Å². The third kappa shape index (κ3) is 3.19. The number of aryl methyl sites for hydroxylation is 1. The Morgan fingerprint density at radius 2 is 1.42 bits per heavy atom. The zero-order chi connectivity index (χ0) is 16.7. The molecule has 4 atom stereocenters. The van der Waals surface area contributed by atoms with E-state index in [1.54, 1.807) is 0 Å². The van der Waals surface area contributed by atoms with Crippen LogP contribution in [0.2, 0.25) is 0 Å². The summed E-state index contributed by atoms with van der Waals surface area (Å²) in [7, 11) is 0. The highest BCUT2D eigenvalue weighted by Gasteiger charge is 2.43. The first-order chi connectivity index (χ1) is 11.6. The van der Waals surface area contributed by atoms with Crippen LogP contribution >= 0.6 is 0 Å². The zero-order valence-electron chi connectivity index (χ0n) is 14.6. The summed E-state index contributed by atoms with van der Waals surface area (Å²) in [6, 6.07) is 9.55. The van der Waals surface area contributed by atoms with Crippen molar-refractivity contribution in [3.8, 4) is 0 Å². The van der Waals surface area contributed by atoms with Crippen molar-refractivity contribution >= 4 is 5.69 Å². The maximum atomic E-state index is 9.93. The van der Waals surface area contributed by atoms with Crippen LogP contribution in [0.15, 0.2) is 24.3 Å². The van der Waals surface area contributed by atoms with E-state index in [0.29, 0.717) is 17.9 Å². The van der Waals surface area contributed by atoms with Crippen molar-refractivity contribution in [2.24, 2.45) is 11.8 Å². The fourth-order valence-electron chi connectivity index (χ4n) is 4.99. The minimum Gasteiger partial charge on any atom is -0.390 e. The van der Waals surface area contributed by atoms with Crippen molar-refractivity contribution in [1.82, 2.24) is 4.90 Å². The number of likely N-dealkylation sites (tertiary alicyclic amines) is 1. The summed E-state index contributed by atoms with van der Waals surface area (Å²) >= 11 is 0. The van der Waals surface area contributed by atoms with E-state index in [4.69, 9.17) is 0 Å². The number of aliphatic hydroxyl groups is 2. The molecule has 4 rings (SSSR count). The lowest BCUT2D eigenvalue weighted by atomic mass is 9.79. The highest BCUT2D eigenvalue weighted by Crippen LogP contribution is 2.38. The SMILES string of the molecule is Cc1ccc(N2CCC(N3C[C@H]4C[C@H](O)[C@H](O)C[C@H]4C3)CC2)cc1. The van der Waals surface area contributed by atoms with Gasteiger partial charge in [0.1, 0.15) is 0 Å². The number of fused-ring (bicyclic) bond motifs is 1. The largest absolute Gasteiger partial charge is 0.390 e. The molecule has 3 fully saturated rings. The van der Waals surface area contributed by atoms with Crippen LogP contribution in [0.1, 0.15) is 31.2 Å². The molecule has 0 aromatic heterocycles. The van der Waals surface area contributed by atoms with Crippen LogP contribution in [-0.4, -0.2) is 59.5 Å². The van der Waals surface area contributed by atoms with E-state index >= 15 is 0 Å². The monoisotopic (exact) mass is 330 g/mol. The molecule has 1 saturated carbocycles. The Balaban J connectivity index is 1.33. The summed E-state index contributed by atoms with van der Waals surface area (Å²) in [6.07, 6.45) is 3.00. The molecule has 2 N–H and O–H groups in total. The summed E-state index contributed by atoms with van der Waals surface area (Å²) < 4.78 is 0. The Morgan fingerprint density at radius 3 is 1.96 bits per heavy atom. The molecule has 24 heavy (non-hydrogen) atoms. The van der Waals surface area contributed by atoms with Gasteiger partial charge in [-0.3, -0.25) is 4.90 Å². The molecule has 0 radical (unpaired) electrons. The van der Waals surface area contributed by atoms with Gasteiger partial charge in [0.05, 0.1) is 12.2 Å². The Bertz CT molecular complexity index is 535. The average molecular weight is 330 g/mol. The molecule has 2 heterocycles. The van der Waals surface area contributed by atoms with Crippen molar-refractivity contribution in [3.05, 3.63) is 29.8 Å². The quantitative estimate of drug-likeness (QED) is 0.871. The van der Waals surface area contributed by atoms with Crippen molar-refractivity contribution < 1.29 is 10.2 Å². The van der Waals surface area contributed by atoms with Gasteiger partial charge >= 0.3 is 0 Å². The van der Waals surface area contributed by atoms with E-state index in [-0.39, 0.29) is 0 Å². The second-order valence-electron chi connectivity index (χ2n) is 8.13. The van der Waals surface area contributed by atoms with E-state index in [1.807, 2.05) is 0 Å². The van der Waals surface area contributed by atoms with Gasteiger partial charge in [-0.2, -0.15) is 0 Å². The van der Waals surface area contributed by atoms with Gasteiger partial charge in [-0.15, -0.1) is 0 Å². The fourth-order valence-corrected chi connectivity index (χ4v) is 4.99. The Morgan fingerprint density at radius 1 is 0.875 bits per heavy atom. The minimum absolute atomic E-state index is 0.505. The summed E-state index contributed by atoms with van der Waals surface area (Å²) in [5.74, 6) is 1.16. The molecule has 4 heteroatoms. The highest BCUT2D eigenvalue weighted by atomic mass is 16.3. The van der Waals surface area contributed by atoms with Crippen molar-refractivity contribution in [2.75, 3.05) is 31.1 Å². The third-order valence-corrected chi connectivity index (χ3v) is 6.52. The summed E-state index contributed by atoms with van der Waals surface area (Å²) in [5, 5.41) is 19.9. The maximum absolute atomic E-state index is 9.93. The lowest BCUT2D eigenvalue weighted by Crippen LogP contribution is -2.44. The Labute approximate surface area is 145 Å². The standard InChI is InChI=1S/C20H30N2O2/c1-14-2-4-17(5-3-14)21-8-6-18(7-9-21)22-12-15-10-19(23)20(24)11-16(15)13-22/h2-5,15-16,18-20,23-24H,6-13H2,1H3/t15-,16+,19+,20-. The number of anilines is 1. The van der Waals surface area contributed by atoms with Crippen LogP contribution < -0.4 is 4.90 Å². The van der Waals surface area contributed by atoms with Gasteiger partial charge in [-0.1, -0.05) is 17.7 Å². The lowest BCUT2D eigenvalue weighted by Gasteiger charge is -2.38. The summed E-state index contributed by atoms with van der Waals surface area (Å²) in [4.78, 5) is 5.15. The first-order valence-corrected chi connectivity index (χ1v) is 9.52. The minimum atomic E-state index is -0.505. The van der Waals surface area contributed by atoms with Crippen LogP contribution in [0.3, 0.4) is 0 Å². The normalized spacial score (nSPS) is 35.2. The second kappa shape index (κ2) is 6.66. The van der Waals surface area contributed by atoms with Crippen molar-refractivity contribution in [3.63, 3.8) is 0 Å². The Kier molecular flexibility index (Phi) is 4.54. The zero-order valence-corrected chi connectivity index (χ0v) is 14.6. The van der Waals surface area contributed by atoms with Gasteiger partial charge < -0.3 is 15.1 Å². The number of hydrogen-bond acceptors (Lipinski definition) is 4. The first kappa shape index (κ1) is 16.4. The average Bonchev–Trinajstić information content (AvgIpc) is 2.99. The number of aliphatic hydroxyl groups excluding tert-OH is 2. The number of piperidine rings is 1. The van der Waals surface area contributed by atoms with Crippen LogP contribution in [-0.2, 0) is 0 Å². The molecule has 4 nitrogen and oxygen atoms in total. The highest BCUT2D eigenvalue weighted by molar-refractivity contribution is 5.47.